The van der Waals surface area contributed by atoms with Crippen LogP contribution in [0.4, 0.5) is 4.39 Å². The second kappa shape index (κ2) is 9.12. The Balaban J connectivity index is 1.45. The molecule has 1 aromatic carbocycles. The summed E-state index contributed by atoms with van der Waals surface area (Å²) in [5, 5.41) is 2.90. The third-order valence-corrected chi connectivity index (χ3v) is 6.23. The van der Waals surface area contributed by atoms with E-state index in [-0.39, 0.29) is 23.7 Å². The molecule has 3 fully saturated rings. The van der Waals surface area contributed by atoms with Crippen molar-refractivity contribution >= 4 is 17.7 Å². The maximum Gasteiger partial charge on any atom is 0.251 e. The highest BCUT2D eigenvalue weighted by Crippen LogP contribution is 2.33. The van der Waals surface area contributed by atoms with E-state index in [0.717, 1.165) is 12.8 Å². The number of amides is 3. The molecule has 8 heteroatoms. The molecule has 4 rings (SSSR count). The molecule has 1 aliphatic carbocycles. The molecule has 1 aromatic rings. The number of hydrogen-bond donors (Lipinski definition) is 1. The first-order chi connectivity index (χ1) is 14.5. The predicted octanol–water partition coefficient (Wildman–Crippen LogP) is 1.43. The zero-order valence-electron chi connectivity index (χ0n) is 17.0. The molecular weight excluding hydrogens is 389 g/mol. The molecule has 2 heterocycles. The molecule has 0 aromatic heterocycles. The van der Waals surface area contributed by atoms with Crippen molar-refractivity contribution in [2.45, 2.75) is 31.7 Å². The summed E-state index contributed by atoms with van der Waals surface area (Å²) < 4.78 is 18.5. The Bertz CT molecular complexity index is 782. The summed E-state index contributed by atoms with van der Waals surface area (Å²) in [6, 6.07) is 4.62. The van der Waals surface area contributed by atoms with Crippen molar-refractivity contribution in [1.29, 1.82) is 0 Å². The van der Waals surface area contributed by atoms with E-state index in [1.54, 1.807) is 4.90 Å². The van der Waals surface area contributed by atoms with E-state index in [9.17, 15) is 18.8 Å². The van der Waals surface area contributed by atoms with Crippen LogP contribution in [0.25, 0.3) is 0 Å². The van der Waals surface area contributed by atoms with Gasteiger partial charge in [-0.25, -0.2) is 4.39 Å². The number of nitrogens with zero attached hydrogens (tertiary/aromatic N) is 2. The van der Waals surface area contributed by atoms with Gasteiger partial charge >= 0.3 is 0 Å². The molecule has 0 bridgehead atoms. The van der Waals surface area contributed by atoms with Gasteiger partial charge in [0.1, 0.15) is 11.9 Å². The van der Waals surface area contributed by atoms with Gasteiger partial charge in [0, 0.05) is 37.7 Å². The summed E-state index contributed by atoms with van der Waals surface area (Å²) in [6.07, 6.45) is 3.29. The molecule has 3 amide bonds. The maximum atomic E-state index is 13.3. The van der Waals surface area contributed by atoms with E-state index in [1.807, 2.05) is 4.90 Å². The fourth-order valence-corrected chi connectivity index (χ4v) is 4.23. The van der Waals surface area contributed by atoms with Gasteiger partial charge in [0.05, 0.1) is 13.2 Å². The van der Waals surface area contributed by atoms with Crippen molar-refractivity contribution in [3.8, 4) is 0 Å². The van der Waals surface area contributed by atoms with Crippen LogP contribution in [0.3, 0.4) is 0 Å². The number of morpholine rings is 1. The lowest BCUT2D eigenvalue weighted by Crippen LogP contribution is -2.56. The molecule has 0 spiro atoms. The van der Waals surface area contributed by atoms with E-state index < -0.39 is 17.8 Å². The Morgan fingerprint density at radius 2 is 1.57 bits per heavy atom. The highest BCUT2D eigenvalue weighted by atomic mass is 19.1. The molecule has 1 saturated carbocycles. The molecule has 7 nitrogen and oxygen atoms in total. The van der Waals surface area contributed by atoms with Crippen molar-refractivity contribution in [2.24, 2.45) is 11.8 Å². The summed E-state index contributed by atoms with van der Waals surface area (Å²) in [5.41, 5.74) is 0.317. The van der Waals surface area contributed by atoms with Gasteiger partial charge in [0.2, 0.25) is 11.8 Å². The number of rotatable bonds is 5. The van der Waals surface area contributed by atoms with Gasteiger partial charge < -0.3 is 19.9 Å². The summed E-state index contributed by atoms with van der Waals surface area (Å²) in [7, 11) is 0. The SMILES string of the molecule is O=C(N[C@@H](C(=O)N1CCOCC1)C1CCN(C(=O)C2CC2)CC1)c1ccc(F)cc1. The van der Waals surface area contributed by atoms with E-state index in [2.05, 4.69) is 5.32 Å². The Labute approximate surface area is 175 Å². The molecule has 2 aliphatic heterocycles. The van der Waals surface area contributed by atoms with E-state index >= 15 is 0 Å². The van der Waals surface area contributed by atoms with Crippen LogP contribution in [0.5, 0.6) is 0 Å². The number of hydrogen-bond acceptors (Lipinski definition) is 4. The van der Waals surface area contributed by atoms with Gasteiger partial charge in [-0.3, -0.25) is 14.4 Å². The van der Waals surface area contributed by atoms with Gasteiger partial charge in [0.25, 0.3) is 5.91 Å². The van der Waals surface area contributed by atoms with Crippen LogP contribution >= 0.6 is 0 Å². The van der Waals surface area contributed by atoms with Crippen molar-refractivity contribution in [1.82, 2.24) is 15.1 Å². The third-order valence-electron chi connectivity index (χ3n) is 6.23. The number of benzene rings is 1. The fourth-order valence-electron chi connectivity index (χ4n) is 4.23. The first kappa shape index (κ1) is 20.8. The van der Waals surface area contributed by atoms with Crippen LogP contribution in [0, 0.1) is 17.7 Å². The first-order valence-electron chi connectivity index (χ1n) is 10.7. The van der Waals surface area contributed by atoms with Gasteiger partial charge in [0.15, 0.2) is 0 Å². The van der Waals surface area contributed by atoms with Crippen LogP contribution in [0.15, 0.2) is 24.3 Å². The standard InChI is InChI=1S/C22H28FN3O4/c23-18-5-3-16(4-6-18)20(27)24-19(22(29)26-11-13-30-14-12-26)15-7-9-25(10-8-15)21(28)17-1-2-17/h3-6,15,17,19H,1-2,7-14H2,(H,24,27)/t19-/m1/s1. The Kier molecular flexibility index (Phi) is 6.32. The lowest BCUT2D eigenvalue weighted by atomic mass is 9.88. The van der Waals surface area contributed by atoms with Crippen LogP contribution in [-0.4, -0.2) is 73.0 Å². The number of carbonyl (C=O) groups is 3. The Morgan fingerprint density at radius 3 is 2.17 bits per heavy atom. The Morgan fingerprint density at radius 1 is 0.933 bits per heavy atom. The second-order valence-electron chi connectivity index (χ2n) is 8.33. The van der Waals surface area contributed by atoms with E-state index in [0.29, 0.717) is 57.8 Å². The van der Waals surface area contributed by atoms with E-state index in [4.69, 9.17) is 4.74 Å². The van der Waals surface area contributed by atoms with Gasteiger partial charge in [-0.2, -0.15) is 0 Å². The first-order valence-corrected chi connectivity index (χ1v) is 10.7. The minimum atomic E-state index is -0.668. The van der Waals surface area contributed by atoms with Crippen molar-refractivity contribution in [3.05, 3.63) is 35.6 Å². The number of halogens is 1. The lowest BCUT2D eigenvalue weighted by molar-refractivity contribution is -0.140. The molecule has 0 radical (unpaired) electrons. The van der Waals surface area contributed by atoms with Crippen molar-refractivity contribution < 1.29 is 23.5 Å². The molecule has 2 saturated heterocycles. The highest BCUT2D eigenvalue weighted by molar-refractivity contribution is 5.97. The largest absolute Gasteiger partial charge is 0.378 e. The topological polar surface area (TPSA) is 79.0 Å². The smallest absolute Gasteiger partial charge is 0.251 e. The molecule has 0 unspecified atom stereocenters. The number of carbonyl (C=O) groups excluding carboxylic acids is 3. The van der Waals surface area contributed by atoms with Gasteiger partial charge in [-0.05, 0) is 55.9 Å². The quantitative estimate of drug-likeness (QED) is 0.786. The monoisotopic (exact) mass is 417 g/mol. The molecule has 162 valence electrons. The molecule has 1 atom stereocenters. The number of likely N-dealkylation sites (tertiary alicyclic amines) is 1. The van der Waals surface area contributed by atoms with Crippen LogP contribution in [0.2, 0.25) is 0 Å². The number of ether oxygens (including phenoxy) is 1. The number of nitrogens with one attached hydrogen (secondary N) is 1. The number of piperidine rings is 1. The van der Waals surface area contributed by atoms with Crippen molar-refractivity contribution in [2.75, 3.05) is 39.4 Å². The second-order valence-corrected chi connectivity index (χ2v) is 8.33. The molecule has 3 aliphatic rings. The summed E-state index contributed by atoms with van der Waals surface area (Å²) in [6.45, 7) is 3.19. The summed E-state index contributed by atoms with van der Waals surface area (Å²) in [4.78, 5) is 42.0. The zero-order chi connectivity index (χ0) is 21.1. The van der Waals surface area contributed by atoms with Crippen LogP contribution in [0.1, 0.15) is 36.0 Å². The molecule has 30 heavy (non-hydrogen) atoms. The Hall–Kier alpha value is -2.48. The highest BCUT2D eigenvalue weighted by Gasteiger charge is 2.39. The minimum Gasteiger partial charge on any atom is -0.378 e. The van der Waals surface area contributed by atoms with E-state index in [1.165, 1.54) is 24.3 Å². The maximum absolute atomic E-state index is 13.3. The average Bonchev–Trinajstić information content (AvgIpc) is 3.63. The lowest BCUT2D eigenvalue weighted by Gasteiger charge is -2.38. The van der Waals surface area contributed by atoms with Crippen LogP contribution in [-0.2, 0) is 14.3 Å². The normalized spacial score (nSPS) is 21.2. The van der Waals surface area contributed by atoms with Gasteiger partial charge in [-0.15, -0.1) is 0 Å². The molecule has 1 N–H and O–H groups in total. The minimum absolute atomic E-state index is 0.0482. The third kappa shape index (κ3) is 4.80. The fraction of sp³-hybridized carbons (Fsp3) is 0.591. The summed E-state index contributed by atoms with van der Waals surface area (Å²) in [5.74, 6) is -0.558. The van der Waals surface area contributed by atoms with Crippen molar-refractivity contribution in [3.63, 3.8) is 0 Å². The summed E-state index contributed by atoms with van der Waals surface area (Å²) >= 11 is 0. The van der Waals surface area contributed by atoms with Crippen LogP contribution < -0.4 is 5.32 Å². The predicted molar refractivity (Wildman–Crippen MR) is 107 cm³/mol. The average molecular weight is 417 g/mol. The van der Waals surface area contributed by atoms with Gasteiger partial charge in [-0.1, -0.05) is 0 Å². The molecular formula is C22H28FN3O4. The zero-order valence-corrected chi connectivity index (χ0v) is 17.0.